The van der Waals surface area contributed by atoms with Crippen LogP contribution in [0.3, 0.4) is 0 Å². The first kappa shape index (κ1) is 12.8. The van der Waals surface area contributed by atoms with Gasteiger partial charge in [-0.25, -0.2) is 0 Å². The smallest absolute Gasteiger partial charge is 0.0720 e. The Bertz CT molecular complexity index is 383. The molecule has 2 atom stereocenters. The summed E-state index contributed by atoms with van der Waals surface area (Å²) in [6.07, 6.45) is 3.91. The van der Waals surface area contributed by atoms with Crippen molar-refractivity contribution in [3.05, 3.63) is 22.2 Å². The zero-order valence-electron chi connectivity index (χ0n) is 9.97. The normalized spacial score (nSPS) is 23.9. The quantitative estimate of drug-likeness (QED) is 0.800. The molecule has 1 fully saturated rings. The van der Waals surface area contributed by atoms with Crippen LogP contribution in [0.25, 0.3) is 0 Å². The van der Waals surface area contributed by atoms with Gasteiger partial charge in [-0.1, -0.05) is 36.5 Å². The third-order valence-electron chi connectivity index (χ3n) is 3.44. The predicted octanol–water partition coefficient (Wildman–Crippen LogP) is 4.42. The van der Waals surface area contributed by atoms with E-state index >= 15 is 0 Å². The van der Waals surface area contributed by atoms with Gasteiger partial charge in [0.15, 0.2) is 0 Å². The van der Waals surface area contributed by atoms with Crippen LogP contribution >= 0.6 is 23.2 Å². The van der Waals surface area contributed by atoms with Gasteiger partial charge in [0, 0.05) is 12.2 Å². The molecule has 2 rings (SSSR count). The van der Waals surface area contributed by atoms with Crippen LogP contribution in [0.2, 0.25) is 10.0 Å². The Morgan fingerprint density at radius 3 is 2.47 bits per heavy atom. The average molecular weight is 273 g/mol. The van der Waals surface area contributed by atoms with Gasteiger partial charge in [-0.15, -0.1) is 0 Å². The minimum atomic E-state index is 0.597. The zero-order valence-corrected chi connectivity index (χ0v) is 11.5. The molecule has 4 heteroatoms. The summed E-state index contributed by atoms with van der Waals surface area (Å²) in [6, 6.07) is 3.46. The van der Waals surface area contributed by atoms with Crippen LogP contribution in [0.4, 0.5) is 11.4 Å². The van der Waals surface area contributed by atoms with Crippen molar-refractivity contribution < 1.29 is 0 Å². The highest BCUT2D eigenvalue weighted by Gasteiger charge is 2.21. The molecule has 0 heterocycles. The molecule has 2 unspecified atom stereocenters. The van der Waals surface area contributed by atoms with E-state index in [2.05, 4.69) is 12.2 Å². The van der Waals surface area contributed by atoms with Crippen LogP contribution in [0, 0.1) is 11.8 Å². The number of nitrogen functional groups attached to an aromatic ring is 1. The molecule has 2 nitrogen and oxygen atoms in total. The van der Waals surface area contributed by atoms with Crippen LogP contribution in [0.1, 0.15) is 26.2 Å². The highest BCUT2D eigenvalue weighted by Crippen LogP contribution is 2.35. The van der Waals surface area contributed by atoms with Gasteiger partial charge in [-0.05, 0) is 36.8 Å². The van der Waals surface area contributed by atoms with E-state index in [4.69, 9.17) is 28.9 Å². The molecule has 0 amide bonds. The van der Waals surface area contributed by atoms with Crippen molar-refractivity contribution in [1.29, 1.82) is 0 Å². The molecular formula is C13H18Cl2N2. The first-order chi connectivity index (χ1) is 8.06. The summed E-state index contributed by atoms with van der Waals surface area (Å²) in [5.41, 5.74) is 7.07. The summed E-state index contributed by atoms with van der Waals surface area (Å²) < 4.78 is 0. The van der Waals surface area contributed by atoms with Crippen molar-refractivity contribution in [3.63, 3.8) is 0 Å². The molecule has 0 aliphatic heterocycles. The van der Waals surface area contributed by atoms with Crippen LogP contribution in [-0.4, -0.2) is 6.54 Å². The maximum atomic E-state index is 6.12. The Balaban J connectivity index is 1.99. The second-order valence-corrected chi connectivity index (χ2v) is 5.84. The lowest BCUT2D eigenvalue weighted by molar-refractivity contribution is 0.537. The third kappa shape index (κ3) is 3.20. The Labute approximate surface area is 112 Å². The van der Waals surface area contributed by atoms with Crippen molar-refractivity contribution in [2.75, 3.05) is 17.6 Å². The van der Waals surface area contributed by atoms with Crippen molar-refractivity contribution in [2.45, 2.75) is 26.2 Å². The highest BCUT2D eigenvalue weighted by atomic mass is 35.5. The van der Waals surface area contributed by atoms with E-state index in [0.29, 0.717) is 15.7 Å². The van der Waals surface area contributed by atoms with Crippen LogP contribution < -0.4 is 11.1 Å². The van der Waals surface area contributed by atoms with E-state index in [-0.39, 0.29) is 0 Å². The van der Waals surface area contributed by atoms with Gasteiger partial charge < -0.3 is 11.1 Å². The summed E-state index contributed by atoms with van der Waals surface area (Å²) >= 11 is 12.2. The molecule has 17 heavy (non-hydrogen) atoms. The molecule has 0 bridgehead atoms. The highest BCUT2D eigenvalue weighted by molar-refractivity contribution is 6.39. The van der Waals surface area contributed by atoms with Crippen LogP contribution in [-0.2, 0) is 0 Å². The number of rotatable bonds is 3. The molecule has 0 radical (unpaired) electrons. The number of nitrogens with two attached hydrogens (primary N) is 1. The number of halogens is 2. The minimum Gasteiger partial charge on any atom is -0.399 e. The van der Waals surface area contributed by atoms with Crippen LogP contribution in [0.15, 0.2) is 12.1 Å². The van der Waals surface area contributed by atoms with Crippen molar-refractivity contribution in [1.82, 2.24) is 0 Å². The maximum Gasteiger partial charge on any atom is 0.0720 e. The molecule has 1 aromatic carbocycles. The van der Waals surface area contributed by atoms with Crippen molar-refractivity contribution in [3.8, 4) is 0 Å². The number of anilines is 2. The number of benzene rings is 1. The first-order valence-electron chi connectivity index (χ1n) is 6.04. The average Bonchev–Trinajstić information content (AvgIpc) is 2.62. The van der Waals surface area contributed by atoms with Crippen molar-refractivity contribution in [2.24, 2.45) is 11.8 Å². The van der Waals surface area contributed by atoms with E-state index in [9.17, 15) is 0 Å². The fraction of sp³-hybridized carbons (Fsp3) is 0.538. The molecule has 1 saturated carbocycles. The summed E-state index contributed by atoms with van der Waals surface area (Å²) in [7, 11) is 0. The lowest BCUT2D eigenvalue weighted by atomic mass is 10.1. The summed E-state index contributed by atoms with van der Waals surface area (Å²) in [6.45, 7) is 3.25. The van der Waals surface area contributed by atoms with Gasteiger partial charge in [0.1, 0.15) is 0 Å². The second kappa shape index (κ2) is 5.36. The molecule has 1 aliphatic rings. The number of hydrogen-bond donors (Lipinski definition) is 2. The predicted molar refractivity (Wildman–Crippen MR) is 75.9 cm³/mol. The zero-order chi connectivity index (χ0) is 12.4. The summed E-state index contributed by atoms with van der Waals surface area (Å²) in [5, 5.41) is 4.55. The van der Waals surface area contributed by atoms with Gasteiger partial charge in [0.05, 0.1) is 15.7 Å². The molecule has 94 valence electrons. The molecule has 3 N–H and O–H groups in total. The lowest BCUT2D eigenvalue weighted by Gasteiger charge is -2.15. The maximum absolute atomic E-state index is 6.12. The molecule has 0 spiro atoms. The summed E-state index contributed by atoms with van der Waals surface area (Å²) in [5.74, 6) is 1.58. The molecule has 0 saturated heterocycles. The first-order valence-corrected chi connectivity index (χ1v) is 6.80. The van der Waals surface area contributed by atoms with Gasteiger partial charge in [-0.2, -0.15) is 0 Å². The fourth-order valence-corrected chi connectivity index (χ4v) is 3.16. The van der Waals surface area contributed by atoms with E-state index in [1.54, 1.807) is 12.1 Å². The Hall–Kier alpha value is -0.600. The van der Waals surface area contributed by atoms with E-state index in [0.717, 1.165) is 24.1 Å². The Morgan fingerprint density at radius 1 is 1.29 bits per heavy atom. The van der Waals surface area contributed by atoms with Gasteiger partial charge in [-0.3, -0.25) is 0 Å². The molecule has 1 aliphatic carbocycles. The third-order valence-corrected chi connectivity index (χ3v) is 4.03. The SMILES string of the molecule is CC1CCC(CNc2c(Cl)cc(N)cc2Cl)C1. The second-order valence-electron chi connectivity index (χ2n) is 5.02. The monoisotopic (exact) mass is 272 g/mol. The van der Waals surface area contributed by atoms with Gasteiger partial charge in [0.2, 0.25) is 0 Å². The Kier molecular flexibility index (Phi) is 4.05. The lowest BCUT2D eigenvalue weighted by Crippen LogP contribution is -2.12. The van der Waals surface area contributed by atoms with E-state index in [1.807, 2.05) is 0 Å². The number of hydrogen-bond acceptors (Lipinski definition) is 2. The molecular weight excluding hydrogens is 255 g/mol. The van der Waals surface area contributed by atoms with Crippen molar-refractivity contribution >= 4 is 34.6 Å². The standard InChI is InChI=1S/C13H18Cl2N2/c1-8-2-3-9(4-8)7-17-13-11(14)5-10(16)6-12(13)15/h5-6,8-9,17H,2-4,7,16H2,1H3. The fourth-order valence-electron chi connectivity index (χ4n) is 2.52. The topological polar surface area (TPSA) is 38.0 Å². The van der Waals surface area contributed by atoms with Crippen LogP contribution in [0.5, 0.6) is 0 Å². The van der Waals surface area contributed by atoms with Gasteiger partial charge >= 0.3 is 0 Å². The minimum absolute atomic E-state index is 0.597. The van der Waals surface area contributed by atoms with E-state index < -0.39 is 0 Å². The molecule has 0 aromatic heterocycles. The number of nitrogens with one attached hydrogen (secondary N) is 1. The van der Waals surface area contributed by atoms with Gasteiger partial charge in [0.25, 0.3) is 0 Å². The largest absolute Gasteiger partial charge is 0.399 e. The Morgan fingerprint density at radius 2 is 1.94 bits per heavy atom. The summed E-state index contributed by atoms with van der Waals surface area (Å²) in [4.78, 5) is 0. The molecule has 1 aromatic rings. The van der Waals surface area contributed by atoms with E-state index in [1.165, 1.54) is 19.3 Å².